The lowest BCUT2D eigenvalue weighted by molar-refractivity contribution is -0.144. The molecule has 0 bridgehead atoms. The highest BCUT2D eigenvalue weighted by molar-refractivity contribution is 5.83. The number of methoxy groups -OCH3 is 1. The average Bonchev–Trinajstić information content (AvgIpc) is 2.36. The number of carbonyl (C=O) groups is 2. The van der Waals surface area contributed by atoms with Crippen LogP contribution in [-0.4, -0.2) is 41.5 Å². The molecule has 1 amide bonds. The molecule has 7 nitrogen and oxygen atoms in total. The molecule has 1 aromatic heterocycles. The fraction of sp³-hybridized carbons (Fsp3) is 0.500. The Morgan fingerprint density at radius 1 is 1.47 bits per heavy atom. The Hall–Kier alpha value is -2.02. The first-order chi connectivity index (χ1) is 9.02. The summed E-state index contributed by atoms with van der Waals surface area (Å²) in [4.78, 5) is 30.6. The first-order valence-electron chi connectivity index (χ1n) is 5.87. The molecule has 1 unspecified atom stereocenters. The van der Waals surface area contributed by atoms with E-state index < -0.39 is 12.0 Å². The molecule has 0 aliphatic carbocycles. The molecule has 104 valence electrons. The summed E-state index contributed by atoms with van der Waals surface area (Å²) < 4.78 is 4.62. The van der Waals surface area contributed by atoms with Crippen LogP contribution in [0.2, 0.25) is 0 Å². The van der Waals surface area contributed by atoms with Crippen molar-refractivity contribution in [2.45, 2.75) is 26.4 Å². The van der Waals surface area contributed by atoms with Gasteiger partial charge in [0.05, 0.1) is 12.8 Å². The molecule has 0 radical (unpaired) electrons. The van der Waals surface area contributed by atoms with E-state index in [9.17, 15) is 9.59 Å². The van der Waals surface area contributed by atoms with E-state index in [0.29, 0.717) is 12.4 Å². The second-order valence-corrected chi connectivity index (χ2v) is 4.00. The number of nitrogens with one attached hydrogen (secondary N) is 2. The first-order valence-corrected chi connectivity index (χ1v) is 5.87. The number of hydrogen-bond donors (Lipinski definition) is 2. The topological polar surface area (TPSA) is 93.2 Å². The number of carbonyl (C=O) groups excluding carboxylic acids is 2. The number of aryl methyl sites for hydroxylation is 1. The fourth-order valence-corrected chi connectivity index (χ4v) is 1.53. The van der Waals surface area contributed by atoms with Gasteiger partial charge >= 0.3 is 5.97 Å². The highest BCUT2D eigenvalue weighted by Crippen LogP contribution is 1.94. The van der Waals surface area contributed by atoms with Crippen LogP contribution in [0.3, 0.4) is 0 Å². The van der Waals surface area contributed by atoms with Gasteiger partial charge in [-0.1, -0.05) is 0 Å². The van der Waals surface area contributed by atoms with Gasteiger partial charge in [0.25, 0.3) is 0 Å². The van der Waals surface area contributed by atoms with Gasteiger partial charge in [-0.25, -0.2) is 14.8 Å². The van der Waals surface area contributed by atoms with Gasteiger partial charge in [-0.05, 0) is 13.0 Å². The van der Waals surface area contributed by atoms with Crippen LogP contribution in [0.25, 0.3) is 0 Å². The van der Waals surface area contributed by atoms with Crippen LogP contribution in [0.1, 0.15) is 18.4 Å². The molecule has 1 atom stereocenters. The van der Waals surface area contributed by atoms with Gasteiger partial charge in [0.15, 0.2) is 0 Å². The van der Waals surface area contributed by atoms with E-state index in [2.05, 4.69) is 25.3 Å². The molecule has 1 rings (SSSR count). The molecule has 0 saturated carbocycles. The zero-order chi connectivity index (χ0) is 14.3. The summed E-state index contributed by atoms with van der Waals surface area (Å²) in [7, 11) is 1.28. The second kappa shape index (κ2) is 7.42. The molecule has 1 heterocycles. The SMILES string of the molecule is COC(=O)C(CNCc1ccnc(C)n1)NC(C)=O. The predicted molar refractivity (Wildman–Crippen MR) is 68.1 cm³/mol. The lowest BCUT2D eigenvalue weighted by atomic mass is 10.3. The Bertz CT molecular complexity index is 450. The molecule has 0 aliphatic heterocycles. The molecular weight excluding hydrogens is 248 g/mol. The number of nitrogens with zero attached hydrogens (tertiary/aromatic N) is 2. The third-order valence-electron chi connectivity index (χ3n) is 2.35. The maximum absolute atomic E-state index is 11.4. The highest BCUT2D eigenvalue weighted by Gasteiger charge is 2.19. The van der Waals surface area contributed by atoms with Crippen LogP contribution >= 0.6 is 0 Å². The van der Waals surface area contributed by atoms with Crippen molar-refractivity contribution in [3.05, 3.63) is 23.8 Å². The highest BCUT2D eigenvalue weighted by atomic mass is 16.5. The van der Waals surface area contributed by atoms with Crippen molar-refractivity contribution in [1.82, 2.24) is 20.6 Å². The first kappa shape index (κ1) is 15.0. The van der Waals surface area contributed by atoms with Gasteiger partial charge in [-0.2, -0.15) is 0 Å². The van der Waals surface area contributed by atoms with Crippen molar-refractivity contribution in [2.75, 3.05) is 13.7 Å². The van der Waals surface area contributed by atoms with Crippen molar-refractivity contribution in [3.8, 4) is 0 Å². The summed E-state index contributed by atoms with van der Waals surface area (Å²) in [6.07, 6.45) is 1.67. The summed E-state index contributed by atoms with van der Waals surface area (Å²) in [5.41, 5.74) is 0.818. The molecule has 2 N–H and O–H groups in total. The van der Waals surface area contributed by atoms with Gasteiger partial charge in [0.2, 0.25) is 5.91 Å². The van der Waals surface area contributed by atoms with Gasteiger partial charge in [-0.15, -0.1) is 0 Å². The number of amides is 1. The third kappa shape index (κ3) is 5.43. The van der Waals surface area contributed by atoms with E-state index in [-0.39, 0.29) is 12.5 Å². The molecule has 0 spiro atoms. The smallest absolute Gasteiger partial charge is 0.329 e. The molecule has 1 aromatic rings. The summed E-state index contributed by atoms with van der Waals surface area (Å²) in [5, 5.41) is 5.56. The Morgan fingerprint density at radius 3 is 2.79 bits per heavy atom. The average molecular weight is 266 g/mol. The molecule has 0 fully saturated rings. The van der Waals surface area contributed by atoms with E-state index in [1.54, 1.807) is 19.2 Å². The Balaban J connectivity index is 2.48. The van der Waals surface area contributed by atoms with E-state index in [1.807, 2.05) is 0 Å². The lowest BCUT2D eigenvalue weighted by Crippen LogP contribution is -2.47. The molecule has 7 heteroatoms. The number of aromatic nitrogens is 2. The van der Waals surface area contributed by atoms with Gasteiger partial charge in [0.1, 0.15) is 11.9 Å². The third-order valence-corrected chi connectivity index (χ3v) is 2.35. The number of ether oxygens (including phenoxy) is 1. The standard InChI is InChI=1S/C12H18N4O3/c1-8-14-5-4-10(15-8)6-13-7-11(12(18)19-3)16-9(2)17/h4-5,11,13H,6-7H2,1-3H3,(H,16,17). The maximum atomic E-state index is 11.4. The lowest BCUT2D eigenvalue weighted by Gasteiger charge is -2.15. The monoisotopic (exact) mass is 266 g/mol. The van der Waals surface area contributed by atoms with Crippen LogP contribution in [0.5, 0.6) is 0 Å². The van der Waals surface area contributed by atoms with Gasteiger partial charge in [-0.3, -0.25) is 4.79 Å². The molecule has 0 saturated heterocycles. The predicted octanol–water partition coefficient (Wildman–Crippen LogP) is -0.448. The van der Waals surface area contributed by atoms with E-state index in [1.165, 1.54) is 14.0 Å². The molecule has 19 heavy (non-hydrogen) atoms. The van der Waals surface area contributed by atoms with Crippen LogP contribution in [0.4, 0.5) is 0 Å². The molecular formula is C12H18N4O3. The van der Waals surface area contributed by atoms with Crippen LogP contribution in [0, 0.1) is 6.92 Å². The minimum atomic E-state index is -0.703. The summed E-state index contributed by atoms with van der Waals surface area (Å²) >= 11 is 0. The number of esters is 1. The minimum Gasteiger partial charge on any atom is -0.467 e. The van der Waals surface area contributed by atoms with Crippen LogP contribution < -0.4 is 10.6 Å². The van der Waals surface area contributed by atoms with Crippen molar-refractivity contribution in [1.29, 1.82) is 0 Å². The molecule has 0 aromatic carbocycles. The van der Waals surface area contributed by atoms with Gasteiger partial charge in [0, 0.05) is 26.2 Å². The van der Waals surface area contributed by atoms with Crippen molar-refractivity contribution in [3.63, 3.8) is 0 Å². The van der Waals surface area contributed by atoms with Crippen molar-refractivity contribution < 1.29 is 14.3 Å². The Morgan fingerprint density at radius 2 is 2.21 bits per heavy atom. The van der Waals surface area contributed by atoms with Crippen LogP contribution in [-0.2, 0) is 20.9 Å². The summed E-state index contributed by atoms with van der Waals surface area (Å²) in [6, 6.07) is 1.08. The quantitative estimate of drug-likeness (QED) is 0.678. The van der Waals surface area contributed by atoms with Crippen molar-refractivity contribution in [2.24, 2.45) is 0 Å². The minimum absolute atomic E-state index is 0.273. The van der Waals surface area contributed by atoms with E-state index in [4.69, 9.17) is 0 Å². The maximum Gasteiger partial charge on any atom is 0.329 e. The zero-order valence-electron chi connectivity index (χ0n) is 11.3. The van der Waals surface area contributed by atoms with Gasteiger partial charge < -0.3 is 15.4 Å². The number of hydrogen-bond acceptors (Lipinski definition) is 6. The Labute approximate surface area is 111 Å². The van der Waals surface area contributed by atoms with Crippen molar-refractivity contribution >= 4 is 11.9 Å². The normalized spacial score (nSPS) is 11.7. The second-order valence-electron chi connectivity index (χ2n) is 4.00. The largest absolute Gasteiger partial charge is 0.467 e. The van der Waals surface area contributed by atoms with E-state index in [0.717, 1.165) is 5.69 Å². The van der Waals surface area contributed by atoms with Crippen LogP contribution in [0.15, 0.2) is 12.3 Å². The fourth-order valence-electron chi connectivity index (χ4n) is 1.53. The zero-order valence-corrected chi connectivity index (χ0v) is 11.3. The Kier molecular flexibility index (Phi) is 5.87. The number of rotatable bonds is 6. The summed E-state index contributed by atoms with van der Waals surface area (Å²) in [5.74, 6) is -0.0812. The summed E-state index contributed by atoms with van der Waals surface area (Å²) in [6.45, 7) is 3.91. The van der Waals surface area contributed by atoms with E-state index >= 15 is 0 Å². The molecule has 0 aliphatic rings.